The van der Waals surface area contributed by atoms with Crippen LogP contribution in [0.2, 0.25) is 0 Å². The van der Waals surface area contributed by atoms with E-state index in [0.717, 1.165) is 38.5 Å². The van der Waals surface area contributed by atoms with Gasteiger partial charge in [-0.15, -0.1) is 0 Å². The van der Waals surface area contributed by atoms with Crippen molar-refractivity contribution in [1.82, 2.24) is 5.32 Å². The number of amides is 1. The Balaban J connectivity index is 1.41. The molecular formula is C71H133NO18. The highest BCUT2D eigenvalue weighted by Gasteiger charge is 2.53. The van der Waals surface area contributed by atoms with Gasteiger partial charge in [-0.05, 0) is 32.1 Å². The highest BCUT2D eigenvalue weighted by molar-refractivity contribution is 5.76. The van der Waals surface area contributed by atoms with Gasteiger partial charge in [-0.2, -0.15) is 0 Å². The van der Waals surface area contributed by atoms with Gasteiger partial charge in [-0.25, -0.2) is 0 Å². The lowest BCUT2D eigenvalue weighted by molar-refractivity contribution is -0.379. The summed E-state index contributed by atoms with van der Waals surface area (Å²) < 4.78 is 34.4. The van der Waals surface area contributed by atoms with Crippen LogP contribution >= 0.6 is 0 Å². The van der Waals surface area contributed by atoms with Crippen molar-refractivity contribution in [1.29, 1.82) is 0 Å². The standard InChI is InChI=1S/C71H133NO18/c1-3-5-7-9-11-13-15-17-19-21-22-23-24-25-26-27-28-29-30-31-32-33-34-36-38-40-42-44-46-48-55(76)54(72-59(77)49-47-45-43-41-39-37-35-20-18-16-14-12-10-8-6-4-2)53-85-69-65(83)62(80)67(57(51-74)87-69)90-71-66(84)63(81)68(58(52-75)88-71)89-70-64(82)61(79)60(78)56(50-73)86-70/h38,40,46,48,54-58,60-71,73-76,78-84H,3-37,39,41-45,47,49-53H2,1-2H3,(H,72,77)/b40-38+,48-46+. The second kappa shape index (κ2) is 53.4. The Kier molecular flexibility index (Phi) is 49.0. The number of aliphatic hydroxyl groups is 11. The lowest BCUT2D eigenvalue weighted by atomic mass is 9.96. The van der Waals surface area contributed by atoms with E-state index in [4.69, 9.17) is 28.4 Å². The van der Waals surface area contributed by atoms with E-state index in [1.54, 1.807) is 6.08 Å². The van der Waals surface area contributed by atoms with Gasteiger partial charge in [0.1, 0.15) is 73.2 Å². The van der Waals surface area contributed by atoms with Crippen LogP contribution in [-0.4, -0.2) is 193 Å². The molecule has 1 amide bonds. The van der Waals surface area contributed by atoms with E-state index in [-0.39, 0.29) is 18.9 Å². The number of nitrogens with one attached hydrogen (secondary N) is 1. The van der Waals surface area contributed by atoms with Crippen molar-refractivity contribution in [3.8, 4) is 0 Å². The maximum atomic E-state index is 13.4. The second-order valence-corrected chi connectivity index (χ2v) is 26.4. The zero-order chi connectivity index (χ0) is 65.4. The van der Waals surface area contributed by atoms with Crippen LogP contribution < -0.4 is 5.32 Å². The van der Waals surface area contributed by atoms with Gasteiger partial charge in [0, 0.05) is 6.42 Å². The number of hydrogen-bond acceptors (Lipinski definition) is 18. The van der Waals surface area contributed by atoms with Gasteiger partial charge >= 0.3 is 0 Å². The van der Waals surface area contributed by atoms with Crippen LogP contribution in [0, 0.1) is 0 Å². The highest BCUT2D eigenvalue weighted by Crippen LogP contribution is 2.33. The van der Waals surface area contributed by atoms with E-state index >= 15 is 0 Å². The van der Waals surface area contributed by atoms with Gasteiger partial charge in [-0.1, -0.05) is 276 Å². The number of allylic oxidation sites excluding steroid dienone is 3. The quantitative estimate of drug-likeness (QED) is 0.0199. The second-order valence-electron chi connectivity index (χ2n) is 26.4. The van der Waals surface area contributed by atoms with Crippen LogP contribution in [0.25, 0.3) is 0 Å². The minimum Gasteiger partial charge on any atom is -0.394 e. The fourth-order valence-corrected chi connectivity index (χ4v) is 12.6. The molecule has 0 saturated carbocycles. The zero-order valence-electron chi connectivity index (χ0n) is 56.1. The molecule has 3 fully saturated rings. The Hall–Kier alpha value is -1.73. The lowest BCUT2D eigenvalue weighted by Crippen LogP contribution is -2.66. The Morgan fingerprint density at radius 1 is 0.389 bits per heavy atom. The summed E-state index contributed by atoms with van der Waals surface area (Å²) in [5.41, 5.74) is 0. The lowest BCUT2D eigenvalue weighted by Gasteiger charge is -2.48. The molecule has 0 aromatic carbocycles. The third kappa shape index (κ3) is 34.8. The van der Waals surface area contributed by atoms with Crippen LogP contribution in [-0.2, 0) is 33.2 Å². The molecule has 3 rings (SSSR count). The topological polar surface area (TPSA) is 307 Å². The van der Waals surface area contributed by atoms with E-state index in [9.17, 15) is 61.0 Å². The number of unbranched alkanes of at least 4 members (excludes halogenated alkanes) is 39. The molecule has 3 heterocycles. The summed E-state index contributed by atoms with van der Waals surface area (Å²) in [6, 6.07) is -0.987. The molecule has 0 aromatic heterocycles. The van der Waals surface area contributed by atoms with Crippen LogP contribution in [0.4, 0.5) is 0 Å². The van der Waals surface area contributed by atoms with Gasteiger partial charge in [0.2, 0.25) is 5.91 Å². The molecule has 0 bridgehead atoms. The van der Waals surface area contributed by atoms with Crippen LogP contribution in [0.3, 0.4) is 0 Å². The first-order valence-electron chi connectivity index (χ1n) is 36.6. The monoisotopic (exact) mass is 1290 g/mol. The van der Waals surface area contributed by atoms with Gasteiger partial charge in [0.15, 0.2) is 18.9 Å². The van der Waals surface area contributed by atoms with Gasteiger partial charge in [0.25, 0.3) is 0 Å². The SMILES string of the molecule is CCCCCCCCCCCCCCCCCCCCCCCCC/C=C/CC/C=C/C(O)C(COC1OC(CO)C(OC2OC(CO)C(OC3OC(CO)C(O)C(O)C3O)C(O)C2O)C(O)C1O)NC(=O)CCCCCCCCCCCCCCCCCC. The van der Waals surface area contributed by atoms with Crippen LogP contribution in [0.5, 0.6) is 0 Å². The number of rotatable bonds is 57. The summed E-state index contributed by atoms with van der Waals surface area (Å²) in [5, 5.41) is 121. The molecule has 17 atom stereocenters. The average molecular weight is 1290 g/mol. The third-order valence-electron chi connectivity index (χ3n) is 18.5. The zero-order valence-corrected chi connectivity index (χ0v) is 56.1. The predicted molar refractivity (Wildman–Crippen MR) is 351 cm³/mol. The summed E-state index contributed by atoms with van der Waals surface area (Å²) in [5.74, 6) is -0.281. The molecule has 530 valence electrons. The molecule has 0 radical (unpaired) electrons. The molecule has 3 aliphatic rings. The molecule has 17 unspecified atom stereocenters. The minimum atomic E-state index is -1.98. The normalized spacial score (nSPS) is 28.1. The Labute approximate surface area is 543 Å². The van der Waals surface area contributed by atoms with E-state index in [1.165, 1.54) is 218 Å². The summed E-state index contributed by atoms with van der Waals surface area (Å²) in [6.45, 7) is 1.75. The molecule has 3 saturated heterocycles. The Bertz CT molecular complexity index is 1730. The van der Waals surface area contributed by atoms with Crippen molar-refractivity contribution in [3.63, 3.8) is 0 Å². The van der Waals surface area contributed by atoms with E-state index in [1.807, 2.05) is 6.08 Å². The molecular weight excluding hydrogens is 1150 g/mol. The summed E-state index contributed by atoms with van der Waals surface area (Å²) in [7, 11) is 0. The fourth-order valence-electron chi connectivity index (χ4n) is 12.6. The first-order valence-corrected chi connectivity index (χ1v) is 36.6. The largest absolute Gasteiger partial charge is 0.394 e. The highest BCUT2D eigenvalue weighted by atomic mass is 16.8. The van der Waals surface area contributed by atoms with Gasteiger partial charge < -0.3 is 89.9 Å². The average Bonchev–Trinajstić information content (AvgIpc) is 1.14. The molecule has 19 heteroatoms. The maximum Gasteiger partial charge on any atom is 0.220 e. The first-order chi connectivity index (χ1) is 43.8. The molecule has 90 heavy (non-hydrogen) atoms. The number of hydrogen-bond donors (Lipinski definition) is 12. The van der Waals surface area contributed by atoms with E-state index in [2.05, 4.69) is 31.3 Å². The third-order valence-corrected chi connectivity index (χ3v) is 18.5. The smallest absolute Gasteiger partial charge is 0.220 e. The first kappa shape index (κ1) is 82.5. The number of carbonyl (C=O) groups excluding carboxylic acids is 1. The number of carbonyl (C=O) groups is 1. The summed E-state index contributed by atoms with van der Waals surface area (Å²) >= 11 is 0. The molecule has 3 aliphatic heterocycles. The summed E-state index contributed by atoms with van der Waals surface area (Å²) in [4.78, 5) is 13.4. The van der Waals surface area contributed by atoms with Crippen molar-refractivity contribution >= 4 is 5.91 Å². The van der Waals surface area contributed by atoms with Crippen LogP contribution in [0.1, 0.15) is 290 Å². The van der Waals surface area contributed by atoms with E-state index in [0.29, 0.717) is 12.8 Å². The molecule has 0 aromatic rings. The molecule has 19 nitrogen and oxygen atoms in total. The van der Waals surface area contributed by atoms with Crippen molar-refractivity contribution in [2.24, 2.45) is 0 Å². The Morgan fingerprint density at radius 3 is 1.11 bits per heavy atom. The van der Waals surface area contributed by atoms with Crippen molar-refractivity contribution < 1.29 is 89.4 Å². The fraction of sp³-hybridized carbons (Fsp3) is 0.930. The minimum absolute atomic E-state index is 0.240. The van der Waals surface area contributed by atoms with E-state index < -0.39 is 124 Å². The number of ether oxygens (including phenoxy) is 6. The van der Waals surface area contributed by atoms with Crippen LogP contribution in [0.15, 0.2) is 24.3 Å². The summed E-state index contributed by atoms with van der Waals surface area (Å²) in [6.07, 6.45) is 34.6. The molecule has 0 spiro atoms. The Morgan fingerprint density at radius 2 is 0.711 bits per heavy atom. The van der Waals surface area contributed by atoms with Crippen molar-refractivity contribution in [2.45, 2.75) is 394 Å². The maximum absolute atomic E-state index is 13.4. The molecule has 12 N–H and O–H groups in total. The number of aliphatic hydroxyl groups excluding tert-OH is 11. The van der Waals surface area contributed by atoms with Gasteiger partial charge in [-0.3, -0.25) is 4.79 Å². The van der Waals surface area contributed by atoms with Crippen molar-refractivity contribution in [3.05, 3.63) is 24.3 Å². The molecule has 0 aliphatic carbocycles. The predicted octanol–water partition coefficient (Wildman–Crippen LogP) is 10.2. The van der Waals surface area contributed by atoms with Gasteiger partial charge in [0.05, 0.1) is 38.6 Å². The van der Waals surface area contributed by atoms with Crippen molar-refractivity contribution in [2.75, 3.05) is 26.4 Å².